The zero-order chi connectivity index (χ0) is 17.1. The van der Waals surface area contributed by atoms with Crippen LogP contribution in [-0.4, -0.2) is 28.9 Å². The molecule has 1 amide bonds. The van der Waals surface area contributed by atoms with Crippen molar-refractivity contribution in [3.8, 4) is 0 Å². The van der Waals surface area contributed by atoms with E-state index in [1.54, 1.807) is 12.1 Å². The van der Waals surface area contributed by atoms with Crippen LogP contribution in [0.15, 0.2) is 36.5 Å². The number of amides is 1. The van der Waals surface area contributed by atoms with Gasteiger partial charge in [0.1, 0.15) is 17.3 Å². The predicted molar refractivity (Wildman–Crippen MR) is 88.2 cm³/mol. The van der Waals surface area contributed by atoms with E-state index in [1.807, 2.05) is 4.90 Å². The summed E-state index contributed by atoms with van der Waals surface area (Å²) in [5.74, 6) is -0.744. The number of halogens is 2. The number of carbonyl (C=O) groups is 1. The van der Waals surface area contributed by atoms with Gasteiger partial charge in [0.15, 0.2) is 0 Å². The minimum Gasteiger partial charge on any atom is -0.352 e. The minimum absolute atomic E-state index is 0.0820. The number of nitrogens with zero attached hydrogens (tertiary/aromatic N) is 2. The highest BCUT2D eigenvalue weighted by Crippen LogP contribution is 2.21. The molecule has 0 aliphatic carbocycles. The molecular weight excluding hydrogens is 312 g/mol. The summed E-state index contributed by atoms with van der Waals surface area (Å²) >= 11 is 0. The predicted octanol–water partition coefficient (Wildman–Crippen LogP) is 3.98. The molecule has 0 radical (unpaired) electrons. The summed E-state index contributed by atoms with van der Waals surface area (Å²) in [4.78, 5) is 18.4. The van der Waals surface area contributed by atoms with Crippen molar-refractivity contribution in [1.82, 2.24) is 9.88 Å². The molecular formula is C18H19F2N3O. The van der Waals surface area contributed by atoms with E-state index in [0.29, 0.717) is 17.3 Å². The summed E-state index contributed by atoms with van der Waals surface area (Å²) in [6.07, 6.45) is 3.49. The van der Waals surface area contributed by atoms with E-state index in [9.17, 15) is 13.6 Å². The number of hydrogen-bond donors (Lipinski definition) is 1. The van der Waals surface area contributed by atoms with Crippen molar-refractivity contribution in [2.24, 2.45) is 5.92 Å². The average Bonchev–Trinajstić information content (AvgIpc) is 2.58. The molecule has 24 heavy (non-hydrogen) atoms. The Bertz CT molecular complexity index is 726. The Kier molecular flexibility index (Phi) is 4.74. The van der Waals surface area contributed by atoms with Crippen LogP contribution >= 0.6 is 0 Å². The number of anilines is 2. The summed E-state index contributed by atoms with van der Waals surface area (Å²) in [6.45, 7) is 3.69. The number of benzene rings is 1. The average molecular weight is 331 g/mol. The van der Waals surface area contributed by atoms with Gasteiger partial charge in [-0.15, -0.1) is 0 Å². The van der Waals surface area contributed by atoms with Crippen LogP contribution in [0.1, 0.15) is 30.3 Å². The molecule has 1 N–H and O–H groups in total. The molecule has 0 saturated carbocycles. The summed E-state index contributed by atoms with van der Waals surface area (Å²) in [5.41, 5.74) is 1.06. The van der Waals surface area contributed by atoms with Crippen LogP contribution in [-0.2, 0) is 0 Å². The third-order valence-electron chi connectivity index (χ3n) is 4.26. The highest BCUT2D eigenvalue weighted by molar-refractivity contribution is 5.92. The largest absolute Gasteiger partial charge is 0.352 e. The second-order valence-corrected chi connectivity index (χ2v) is 6.16. The zero-order valence-corrected chi connectivity index (χ0v) is 13.4. The van der Waals surface area contributed by atoms with Crippen molar-refractivity contribution in [3.63, 3.8) is 0 Å². The van der Waals surface area contributed by atoms with Crippen LogP contribution < -0.4 is 5.32 Å². The van der Waals surface area contributed by atoms with Crippen LogP contribution in [0.5, 0.6) is 0 Å². The molecule has 6 heteroatoms. The Hall–Kier alpha value is -2.50. The smallest absolute Gasteiger partial charge is 0.272 e. The Morgan fingerprint density at radius 3 is 2.58 bits per heavy atom. The second kappa shape index (κ2) is 6.95. The van der Waals surface area contributed by atoms with E-state index in [1.165, 1.54) is 18.3 Å². The highest BCUT2D eigenvalue weighted by atomic mass is 19.1. The third-order valence-corrected chi connectivity index (χ3v) is 4.26. The van der Waals surface area contributed by atoms with E-state index in [4.69, 9.17) is 0 Å². The maximum atomic E-state index is 13.6. The molecule has 0 unspecified atom stereocenters. The third kappa shape index (κ3) is 3.69. The molecule has 1 aliphatic rings. The molecule has 1 aromatic heterocycles. The lowest BCUT2D eigenvalue weighted by Crippen LogP contribution is -2.38. The van der Waals surface area contributed by atoms with Gasteiger partial charge < -0.3 is 10.2 Å². The van der Waals surface area contributed by atoms with Crippen molar-refractivity contribution in [1.29, 1.82) is 0 Å². The van der Waals surface area contributed by atoms with Crippen molar-refractivity contribution in [3.05, 3.63) is 53.9 Å². The molecule has 126 valence electrons. The van der Waals surface area contributed by atoms with Gasteiger partial charge in [-0.25, -0.2) is 13.8 Å². The summed E-state index contributed by atoms with van der Waals surface area (Å²) in [5, 5.41) is 2.82. The van der Waals surface area contributed by atoms with Gasteiger partial charge in [0, 0.05) is 19.2 Å². The molecule has 1 aromatic carbocycles. The van der Waals surface area contributed by atoms with Crippen molar-refractivity contribution < 1.29 is 13.6 Å². The summed E-state index contributed by atoms with van der Waals surface area (Å²) in [6, 6.07) is 6.58. The van der Waals surface area contributed by atoms with Gasteiger partial charge in [0.25, 0.3) is 5.91 Å². The first-order chi connectivity index (χ1) is 11.5. The maximum Gasteiger partial charge on any atom is 0.272 e. The van der Waals surface area contributed by atoms with Crippen LogP contribution in [0, 0.1) is 17.6 Å². The van der Waals surface area contributed by atoms with Gasteiger partial charge in [-0.3, -0.25) is 4.79 Å². The number of nitrogens with one attached hydrogen (secondary N) is 1. The lowest BCUT2D eigenvalue weighted by molar-refractivity contribution is 0.0691. The fraction of sp³-hybridized carbons (Fsp3) is 0.333. The van der Waals surface area contributed by atoms with Crippen LogP contribution in [0.25, 0.3) is 0 Å². The number of pyridine rings is 1. The molecule has 2 heterocycles. The minimum atomic E-state index is -0.683. The number of carbonyl (C=O) groups excluding carboxylic acids is 1. The monoisotopic (exact) mass is 331 g/mol. The van der Waals surface area contributed by atoms with Crippen molar-refractivity contribution in [2.45, 2.75) is 19.8 Å². The van der Waals surface area contributed by atoms with E-state index in [2.05, 4.69) is 17.2 Å². The topological polar surface area (TPSA) is 45.2 Å². The Labute approximate surface area is 139 Å². The first-order valence-electron chi connectivity index (χ1n) is 8.00. The molecule has 0 atom stereocenters. The number of aromatic nitrogens is 1. The Morgan fingerprint density at radius 1 is 1.21 bits per heavy atom. The molecule has 0 bridgehead atoms. The Morgan fingerprint density at radius 2 is 1.96 bits per heavy atom. The fourth-order valence-corrected chi connectivity index (χ4v) is 2.71. The van der Waals surface area contributed by atoms with E-state index in [0.717, 1.165) is 32.0 Å². The van der Waals surface area contributed by atoms with Crippen LogP contribution in [0.2, 0.25) is 0 Å². The van der Waals surface area contributed by atoms with Gasteiger partial charge in [-0.1, -0.05) is 6.92 Å². The second-order valence-electron chi connectivity index (χ2n) is 6.16. The van der Waals surface area contributed by atoms with Gasteiger partial charge in [-0.2, -0.15) is 0 Å². The van der Waals surface area contributed by atoms with Crippen molar-refractivity contribution >= 4 is 17.3 Å². The number of hydrogen-bond acceptors (Lipinski definition) is 3. The molecule has 2 aromatic rings. The Balaban J connectivity index is 1.68. The standard InChI is InChI=1S/C18H19F2N3O/c1-12-6-8-23(9-7-12)18(24)17-5-3-14(11-21-17)22-16-4-2-13(19)10-15(16)20/h2-5,10-12,22H,6-9H2,1H3. The van der Waals surface area contributed by atoms with Gasteiger partial charge in [-0.05, 0) is 43.0 Å². The number of rotatable bonds is 3. The molecule has 1 saturated heterocycles. The van der Waals surface area contributed by atoms with E-state index < -0.39 is 11.6 Å². The normalized spacial score (nSPS) is 15.4. The number of piperidine rings is 1. The molecule has 1 aliphatic heterocycles. The zero-order valence-electron chi connectivity index (χ0n) is 13.4. The van der Waals surface area contributed by atoms with Gasteiger partial charge in [0.05, 0.1) is 17.6 Å². The molecule has 3 rings (SSSR count). The first kappa shape index (κ1) is 16.4. The first-order valence-corrected chi connectivity index (χ1v) is 8.00. The molecule has 0 spiro atoms. The SMILES string of the molecule is CC1CCN(C(=O)c2ccc(Nc3ccc(F)cc3F)cn2)CC1. The van der Waals surface area contributed by atoms with Crippen molar-refractivity contribution in [2.75, 3.05) is 18.4 Å². The molecule has 4 nitrogen and oxygen atoms in total. The summed E-state index contributed by atoms with van der Waals surface area (Å²) < 4.78 is 26.5. The molecule has 1 fully saturated rings. The van der Waals surface area contributed by atoms with E-state index >= 15 is 0 Å². The number of likely N-dealkylation sites (tertiary alicyclic amines) is 1. The van der Waals surface area contributed by atoms with Crippen LogP contribution in [0.4, 0.5) is 20.2 Å². The highest BCUT2D eigenvalue weighted by Gasteiger charge is 2.22. The lowest BCUT2D eigenvalue weighted by atomic mass is 9.99. The lowest BCUT2D eigenvalue weighted by Gasteiger charge is -2.30. The fourth-order valence-electron chi connectivity index (χ4n) is 2.71. The quantitative estimate of drug-likeness (QED) is 0.925. The van der Waals surface area contributed by atoms with Crippen LogP contribution in [0.3, 0.4) is 0 Å². The van der Waals surface area contributed by atoms with E-state index in [-0.39, 0.29) is 11.6 Å². The summed E-state index contributed by atoms with van der Waals surface area (Å²) in [7, 11) is 0. The van der Waals surface area contributed by atoms with Gasteiger partial charge in [0.2, 0.25) is 0 Å². The van der Waals surface area contributed by atoms with Gasteiger partial charge >= 0.3 is 0 Å². The maximum absolute atomic E-state index is 13.6.